The fraction of sp³-hybridized carbons (Fsp3) is 0.368. The van der Waals surface area contributed by atoms with Crippen molar-refractivity contribution in [3.05, 3.63) is 47.8 Å². The van der Waals surface area contributed by atoms with Gasteiger partial charge in [0.2, 0.25) is 5.95 Å². The molecule has 2 aromatic rings. The Labute approximate surface area is 147 Å². The highest BCUT2D eigenvalue weighted by molar-refractivity contribution is 6.03. The van der Waals surface area contributed by atoms with E-state index >= 15 is 0 Å². The van der Waals surface area contributed by atoms with Crippen molar-refractivity contribution in [2.45, 2.75) is 45.1 Å². The number of Topliss-reactive ketones (excluding diaryl/α,β-unsaturated/α-hetero) is 1. The Morgan fingerprint density at radius 1 is 1.04 bits per heavy atom. The molecule has 0 saturated heterocycles. The third kappa shape index (κ3) is 4.62. The molecule has 0 aliphatic heterocycles. The van der Waals surface area contributed by atoms with Crippen LogP contribution >= 0.6 is 0 Å². The Morgan fingerprint density at radius 2 is 1.76 bits per heavy atom. The highest BCUT2D eigenvalue weighted by Crippen LogP contribution is 2.20. The maximum Gasteiger partial charge on any atom is 0.274 e. The number of nitrogens with one attached hydrogen (secondary N) is 2. The van der Waals surface area contributed by atoms with Gasteiger partial charge in [0, 0.05) is 23.5 Å². The van der Waals surface area contributed by atoms with Gasteiger partial charge in [0.25, 0.3) is 5.91 Å². The van der Waals surface area contributed by atoms with Gasteiger partial charge >= 0.3 is 0 Å². The Morgan fingerprint density at radius 3 is 2.44 bits per heavy atom. The van der Waals surface area contributed by atoms with Gasteiger partial charge in [-0.05, 0) is 50.1 Å². The Bertz CT molecular complexity index is 752. The molecule has 6 heteroatoms. The molecule has 0 atom stereocenters. The van der Waals surface area contributed by atoms with Gasteiger partial charge in [0.15, 0.2) is 5.78 Å². The normalized spacial score (nSPS) is 14.8. The first-order valence-electron chi connectivity index (χ1n) is 8.64. The number of rotatable bonds is 5. The number of amides is 1. The Hall–Kier alpha value is -2.76. The number of anilines is 2. The van der Waals surface area contributed by atoms with E-state index in [4.69, 9.17) is 0 Å². The molecule has 1 saturated carbocycles. The number of nitrogens with zero attached hydrogens (tertiary/aromatic N) is 2. The Kier molecular flexibility index (Phi) is 5.38. The van der Waals surface area contributed by atoms with Gasteiger partial charge in [-0.2, -0.15) is 0 Å². The molecule has 0 radical (unpaired) electrons. The second kappa shape index (κ2) is 7.88. The molecule has 1 heterocycles. The lowest BCUT2D eigenvalue weighted by Gasteiger charge is -2.22. The van der Waals surface area contributed by atoms with Crippen molar-refractivity contribution < 1.29 is 9.59 Å². The highest BCUT2D eigenvalue weighted by Gasteiger charge is 2.15. The summed E-state index contributed by atoms with van der Waals surface area (Å²) in [5.74, 6) is 0.184. The third-order valence-corrected chi connectivity index (χ3v) is 4.38. The smallest absolute Gasteiger partial charge is 0.274 e. The van der Waals surface area contributed by atoms with Crippen molar-refractivity contribution >= 4 is 23.3 Å². The molecule has 2 N–H and O–H groups in total. The predicted octanol–water partition coefficient (Wildman–Crippen LogP) is 3.68. The van der Waals surface area contributed by atoms with Crippen LogP contribution in [0.5, 0.6) is 0 Å². The fourth-order valence-electron chi connectivity index (χ4n) is 2.97. The number of benzene rings is 1. The summed E-state index contributed by atoms with van der Waals surface area (Å²) in [6.45, 7) is 1.51. The summed E-state index contributed by atoms with van der Waals surface area (Å²) in [7, 11) is 0. The van der Waals surface area contributed by atoms with Crippen LogP contribution in [-0.4, -0.2) is 27.7 Å². The second-order valence-corrected chi connectivity index (χ2v) is 6.33. The number of aromatic nitrogens is 2. The number of ketones is 1. The molecule has 0 unspecified atom stereocenters. The van der Waals surface area contributed by atoms with Crippen molar-refractivity contribution in [3.63, 3.8) is 0 Å². The summed E-state index contributed by atoms with van der Waals surface area (Å²) in [6, 6.07) is 8.76. The topological polar surface area (TPSA) is 84.0 Å². The zero-order chi connectivity index (χ0) is 17.6. The summed E-state index contributed by atoms with van der Waals surface area (Å²) in [5.41, 5.74) is 1.54. The first kappa shape index (κ1) is 17.1. The van der Waals surface area contributed by atoms with E-state index in [1.54, 1.807) is 36.5 Å². The van der Waals surface area contributed by atoms with E-state index in [0.29, 0.717) is 28.9 Å². The Balaban J connectivity index is 1.65. The van der Waals surface area contributed by atoms with Crippen LogP contribution in [0.3, 0.4) is 0 Å². The molecule has 1 aromatic carbocycles. The molecule has 1 aromatic heterocycles. The van der Waals surface area contributed by atoms with Crippen molar-refractivity contribution in [2.75, 3.05) is 10.6 Å². The van der Waals surface area contributed by atoms with Crippen molar-refractivity contribution in [3.8, 4) is 0 Å². The molecule has 3 rings (SSSR count). The summed E-state index contributed by atoms with van der Waals surface area (Å²) in [6.07, 6.45) is 7.53. The molecule has 1 amide bonds. The monoisotopic (exact) mass is 338 g/mol. The fourth-order valence-corrected chi connectivity index (χ4v) is 2.97. The zero-order valence-corrected chi connectivity index (χ0v) is 14.3. The molecule has 1 aliphatic rings. The molecule has 130 valence electrons. The van der Waals surface area contributed by atoms with E-state index in [1.165, 1.54) is 26.2 Å². The number of carbonyl (C=O) groups is 2. The second-order valence-electron chi connectivity index (χ2n) is 6.33. The molecular weight excluding hydrogens is 316 g/mol. The lowest BCUT2D eigenvalue weighted by molar-refractivity contribution is 0.101. The highest BCUT2D eigenvalue weighted by atomic mass is 16.2. The first-order chi connectivity index (χ1) is 12.1. The van der Waals surface area contributed by atoms with Gasteiger partial charge in [-0.3, -0.25) is 9.59 Å². The van der Waals surface area contributed by atoms with E-state index in [0.717, 1.165) is 12.8 Å². The van der Waals surface area contributed by atoms with E-state index in [1.807, 2.05) is 0 Å². The zero-order valence-electron chi connectivity index (χ0n) is 14.3. The minimum Gasteiger partial charge on any atom is -0.351 e. The van der Waals surface area contributed by atoms with Gasteiger partial charge in [0.1, 0.15) is 5.69 Å². The lowest BCUT2D eigenvalue weighted by atomic mass is 9.96. The van der Waals surface area contributed by atoms with Crippen LogP contribution < -0.4 is 10.6 Å². The summed E-state index contributed by atoms with van der Waals surface area (Å²) in [4.78, 5) is 32.2. The quantitative estimate of drug-likeness (QED) is 0.813. The van der Waals surface area contributed by atoms with Crippen molar-refractivity contribution in [2.24, 2.45) is 0 Å². The molecular formula is C19H22N4O2. The first-order valence-corrected chi connectivity index (χ1v) is 8.64. The summed E-state index contributed by atoms with van der Waals surface area (Å²) < 4.78 is 0. The standard InChI is InChI=1S/C19H22N4O2/c1-13(24)14-7-9-16(10-8-14)21-18(25)17-11-12-20-19(23-17)22-15-5-3-2-4-6-15/h7-12,15H,2-6H2,1H3,(H,21,25)(H,20,22,23). The van der Waals surface area contributed by atoms with E-state index in [-0.39, 0.29) is 11.7 Å². The van der Waals surface area contributed by atoms with Crippen molar-refractivity contribution in [1.82, 2.24) is 9.97 Å². The van der Waals surface area contributed by atoms with Crippen LogP contribution in [0.25, 0.3) is 0 Å². The molecule has 6 nitrogen and oxygen atoms in total. The van der Waals surface area contributed by atoms with E-state index in [9.17, 15) is 9.59 Å². The van der Waals surface area contributed by atoms with Gasteiger partial charge in [0.05, 0.1) is 0 Å². The van der Waals surface area contributed by atoms with Gasteiger partial charge < -0.3 is 10.6 Å². The number of hydrogen-bond acceptors (Lipinski definition) is 5. The predicted molar refractivity (Wildman–Crippen MR) is 96.9 cm³/mol. The van der Waals surface area contributed by atoms with Crippen LogP contribution in [0.15, 0.2) is 36.5 Å². The largest absolute Gasteiger partial charge is 0.351 e. The average molecular weight is 338 g/mol. The van der Waals surface area contributed by atoms with Crippen LogP contribution in [0, 0.1) is 0 Å². The van der Waals surface area contributed by atoms with Crippen molar-refractivity contribution in [1.29, 1.82) is 0 Å². The lowest BCUT2D eigenvalue weighted by Crippen LogP contribution is -2.24. The minimum atomic E-state index is -0.301. The minimum absolute atomic E-state index is 0.00731. The summed E-state index contributed by atoms with van der Waals surface area (Å²) >= 11 is 0. The summed E-state index contributed by atoms with van der Waals surface area (Å²) in [5, 5.41) is 6.11. The molecule has 1 fully saturated rings. The van der Waals surface area contributed by atoms with Crippen LogP contribution in [-0.2, 0) is 0 Å². The molecule has 25 heavy (non-hydrogen) atoms. The maximum absolute atomic E-state index is 12.4. The third-order valence-electron chi connectivity index (χ3n) is 4.38. The van der Waals surface area contributed by atoms with E-state index in [2.05, 4.69) is 20.6 Å². The number of carbonyl (C=O) groups excluding carboxylic acids is 2. The number of hydrogen-bond donors (Lipinski definition) is 2. The SMILES string of the molecule is CC(=O)c1ccc(NC(=O)c2ccnc(NC3CCCCC3)n2)cc1. The van der Waals surface area contributed by atoms with Gasteiger partial charge in [-0.25, -0.2) is 9.97 Å². The van der Waals surface area contributed by atoms with Crippen LogP contribution in [0.1, 0.15) is 59.9 Å². The maximum atomic E-state index is 12.4. The van der Waals surface area contributed by atoms with Gasteiger partial charge in [-0.1, -0.05) is 19.3 Å². The van der Waals surface area contributed by atoms with Gasteiger partial charge in [-0.15, -0.1) is 0 Å². The van der Waals surface area contributed by atoms with E-state index < -0.39 is 0 Å². The molecule has 0 spiro atoms. The van der Waals surface area contributed by atoms with Crippen LogP contribution in [0.4, 0.5) is 11.6 Å². The average Bonchev–Trinajstić information content (AvgIpc) is 2.63. The molecule has 1 aliphatic carbocycles. The molecule has 0 bridgehead atoms. The van der Waals surface area contributed by atoms with Crippen LogP contribution in [0.2, 0.25) is 0 Å².